The number of aryl methyl sites for hydroxylation is 2. The number of hydrogen-bond donors (Lipinski definition) is 0. The van der Waals surface area contributed by atoms with E-state index in [1.165, 1.54) is 7.05 Å². The fourth-order valence-corrected chi connectivity index (χ4v) is 1.01. The monoisotopic (exact) mass is 193 g/mol. The second-order valence-corrected chi connectivity index (χ2v) is 2.72. The van der Waals surface area contributed by atoms with Gasteiger partial charge in [0.1, 0.15) is 0 Å². The van der Waals surface area contributed by atoms with Gasteiger partial charge in [-0.15, -0.1) is 0 Å². The van der Waals surface area contributed by atoms with Crippen LogP contribution in [0.15, 0.2) is 0 Å². The lowest BCUT2D eigenvalue weighted by molar-refractivity contribution is -0.147. The summed E-state index contributed by atoms with van der Waals surface area (Å²) in [4.78, 5) is 3.40. The molecule has 0 N–H and O–H groups in total. The highest BCUT2D eigenvalue weighted by molar-refractivity contribution is 4.96. The summed E-state index contributed by atoms with van der Waals surface area (Å²) < 4.78 is 37.3. The van der Waals surface area contributed by atoms with Crippen LogP contribution in [0.4, 0.5) is 13.2 Å². The Labute approximate surface area is 73.6 Å². The topological polar surface area (TPSA) is 30.7 Å². The van der Waals surface area contributed by atoms with Crippen molar-refractivity contribution < 1.29 is 13.2 Å². The second kappa shape index (κ2) is 3.35. The van der Waals surface area contributed by atoms with Gasteiger partial charge in [-0.2, -0.15) is 18.3 Å². The molecule has 0 atom stereocenters. The van der Waals surface area contributed by atoms with E-state index in [0.29, 0.717) is 6.42 Å². The smallest absolute Gasteiger partial charge is 0.245 e. The molecule has 1 aromatic heterocycles. The van der Waals surface area contributed by atoms with Gasteiger partial charge < -0.3 is 0 Å². The van der Waals surface area contributed by atoms with Crippen molar-refractivity contribution in [3.63, 3.8) is 0 Å². The third-order valence-corrected chi connectivity index (χ3v) is 1.53. The fraction of sp³-hybridized carbons (Fsp3) is 0.714. The Morgan fingerprint density at radius 1 is 1.38 bits per heavy atom. The predicted molar refractivity (Wildman–Crippen MR) is 40.0 cm³/mol. The van der Waals surface area contributed by atoms with Crippen LogP contribution in [0.5, 0.6) is 0 Å². The van der Waals surface area contributed by atoms with Gasteiger partial charge in [-0.3, -0.25) is 0 Å². The first kappa shape index (κ1) is 10.0. The molecule has 0 radical (unpaired) electrons. The van der Waals surface area contributed by atoms with Crippen molar-refractivity contribution in [2.45, 2.75) is 25.9 Å². The van der Waals surface area contributed by atoms with E-state index in [1.807, 2.05) is 6.92 Å². The quantitative estimate of drug-likeness (QED) is 0.716. The minimum Gasteiger partial charge on any atom is -0.245 e. The minimum absolute atomic E-state index is 0.248. The summed E-state index contributed by atoms with van der Waals surface area (Å²) in [7, 11) is 1.25. The van der Waals surface area contributed by atoms with Gasteiger partial charge in [-0.1, -0.05) is 6.92 Å². The van der Waals surface area contributed by atoms with Gasteiger partial charge in [0.25, 0.3) is 0 Å². The average Bonchev–Trinajstić information content (AvgIpc) is 2.30. The first-order chi connectivity index (χ1) is 5.95. The van der Waals surface area contributed by atoms with Crippen molar-refractivity contribution in [2.75, 3.05) is 0 Å². The standard InChI is InChI=1S/C7H10F3N3/c1-3-4-5-11-6(7(8,9)10)13(2)12-5/h3-4H2,1-2H3. The van der Waals surface area contributed by atoms with Crippen LogP contribution < -0.4 is 0 Å². The van der Waals surface area contributed by atoms with Crippen molar-refractivity contribution in [1.29, 1.82) is 0 Å². The minimum atomic E-state index is -4.41. The van der Waals surface area contributed by atoms with Crippen LogP contribution in [0.3, 0.4) is 0 Å². The zero-order chi connectivity index (χ0) is 10.1. The molecule has 0 bridgehead atoms. The number of rotatable bonds is 2. The molecular formula is C7H10F3N3. The summed E-state index contributed by atoms with van der Waals surface area (Å²) >= 11 is 0. The summed E-state index contributed by atoms with van der Waals surface area (Å²) in [6.07, 6.45) is -3.20. The molecule has 0 aromatic carbocycles. The maximum absolute atomic E-state index is 12.2. The summed E-state index contributed by atoms with van der Waals surface area (Å²) in [6, 6.07) is 0. The van der Waals surface area contributed by atoms with Crippen LogP contribution in [-0.2, 0) is 19.6 Å². The first-order valence-electron chi connectivity index (χ1n) is 3.92. The number of aromatic nitrogens is 3. The lowest BCUT2D eigenvalue weighted by Gasteiger charge is -2.02. The van der Waals surface area contributed by atoms with E-state index >= 15 is 0 Å². The van der Waals surface area contributed by atoms with Gasteiger partial charge in [-0.25, -0.2) is 9.67 Å². The van der Waals surface area contributed by atoms with Crippen molar-refractivity contribution in [3.8, 4) is 0 Å². The van der Waals surface area contributed by atoms with Crippen molar-refractivity contribution in [3.05, 3.63) is 11.6 Å². The Morgan fingerprint density at radius 3 is 2.38 bits per heavy atom. The summed E-state index contributed by atoms with van der Waals surface area (Å²) in [6.45, 7) is 1.86. The predicted octanol–water partition coefficient (Wildman–Crippen LogP) is 1.79. The summed E-state index contributed by atoms with van der Waals surface area (Å²) in [5.74, 6) is -0.687. The Hall–Kier alpha value is -1.07. The molecule has 1 rings (SSSR count). The second-order valence-electron chi connectivity index (χ2n) is 2.72. The average molecular weight is 193 g/mol. The third kappa shape index (κ3) is 2.19. The van der Waals surface area contributed by atoms with Gasteiger partial charge in [0.2, 0.25) is 5.82 Å². The van der Waals surface area contributed by atoms with E-state index in [2.05, 4.69) is 10.1 Å². The van der Waals surface area contributed by atoms with Crippen LogP contribution in [0.25, 0.3) is 0 Å². The van der Waals surface area contributed by atoms with Crippen molar-refractivity contribution >= 4 is 0 Å². The zero-order valence-corrected chi connectivity index (χ0v) is 7.39. The molecule has 0 saturated carbocycles. The molecule has 74 valence electrons. The molecule has 1 aromatic rings. The Kier molecular flexibility index (Phi) is 2.58. The van der Waals surface area contributed by atoms with Gasteiger partial charge in [0, 0.05) is 13.5 Å². The SMILES string of the molecule is CCCc1nc(C(F)(F)F)n(C)n1. The molecule has 0 aliphatic carbocycles. The van der Waals surface area contributed by atoms with Crippen LogP contribution in [0, 0.1) is 0 Å². The zero-order valence-electron chi connectivity index (χ0n) is 7.39. The Morgan fingerprint density at radius 2 is 2.00 bits per heavy atom. The van der Waals surface area contributed by atoms with E-state index in [-0.39, 0.29) is 5.82 Å². The highest BCUT2D eigenvalue weighted by atomic mass is 19.4. The van der Waals surface area contributed by atoms with E-state index in [0.717, 1.165) is 11.1 Å². The maximum atomic E-state index is 12.2. The van der Waals surface area contributed by atoms with E-state index in [1.54, 1.807) is 0 Å². The third-order valence-electron chi connectivity index (χ3n) is 1.53. The molecule has 1 heterocycles. The fourth-order valence-electron chi connectivity index (χ4n) is 1.01. The molecule has 13 heavy (non-hydrogen) atoms. The molecule has 6 heteroatoms. The molecule has 0 amide bonds. The number of nitrogens with zero attached hydrogens (tertiary/aromatic N) is 3. The highest BCUT2D eigenvalue weighted by Crippen LogP contribution is 2.27. The first-order valence-corrected chi connectivity index (χ1v) is 3.92. The van der Waals surface area contributed by atoms with Crippen LogP contribution in [-0.4, -0.2) is 14.8 Å². The Balaban J connectivity index is 2.96. The van der Waals surface area contributed by atoms with E-state index in [4.69, 9.17) is 0 Å². The van der Waals surface area contributed by atoms with Crippen LogP contribution in [0.1, 0.15) is 25.0 Å². The molecule has 0 saturated heterocycles. The largest absolute Gasteiger partial charge is 0.451 e. The normalized spacial score (nSPS) is 12.1. The van der Waals surface area contributed by atoms with E-state index in [9.17, 15) is 13.2 Å². The van der Waals surface area contributed by atoms with Gasteiger partial charge in [0.05, 0.1) is 0 Å². The lowest BCUT2D eigenvalue weighted by Crippen LogP contribution is -2.13. The highest BCUT2D eigenvalue weighted by Gasteiger charge is 2.36. The Bertz CT molecular complexity index is 290. The lowest BCUT2D eigenvalue weighted by atomic mass is 10.3. The maximum Gasteiger partial charge on any atom is 0.451 e. The molecule has 3 nitrogen and oxygen atoms in total. The van der Waals surface area contributed by atoms with Gasteiger partial charge in [-0.05, 0) is 6.42 Å². The molecule has 0 aliphatic rings. The van der Waals surface area contributed by atoms with Crippen LogP contribution >= 0.6 is 0 Å². The molecule has 0 unspecified atom stereocenters. The molecule has 0 spiro atoms. The van der Waals surface area contributed by atoms with Crippen molar-refractivity contribution in [1.82, 2.24) is 14.8 Å². The molecular weight excluding hydrogens is 183 g/mol. The number of alkyl halides is 3. The summed E-state index contributed by atoms with van der Waals surface area (Å²) in [5.41, 5.74) is 0. The number of halogens is 3. The number of hydrogen-bond acceptors (Lipinski definition) is 2. The summed E-state index contributed by atoms with van der Waals surface area (Å²) in [5, 5.41) is 3.65. The van der Waals surface area contributed by atoms with Crippen LogP contribution in [0.2, 0.25) is 0 Å². The molecule has 0 aliphatic heterocycles. The molecule has 0 fully saturated rings. The van der Waals surface area contributed by atoms with Crippen molar-refractivity contribution in [2.24, 2.45) is 7.05 Å². The van der Waals surface area contributed by atoms with E-state index < -0.39 is 12.0 Å². The van der Waals surface area contributed by atoms with Gasteiger partial charge in [0.15, 0.2) is 5.82 Å². The van der Waals surface area contributed by atoms with Gasteiger partial charge >= 0.3 is 6.18 Å².